The lowest BCUT2D eigenvalue weighted by Gasteiger charge is -2.50. The normalized spacial score (nSPS) is 51.2. The molecule has 30 aliphatic rings. The van der Waals surface area contributed by atoms with E-state index in [1.165, 1.54) is 24.3 Å². The number of rotatable bonds is 11. The minimum absolute atomic E-state index is 0.0991. The molecule has 24 unspecified atom stereocenters. The Bertz CT molecular complexity index is 2610. The van der Waals surface area contributed by atoms with Gasteiger partial charge in [-0.3, -0.25) is 0 Å². The minimum Gasteiger partial charge on any atom is -0.478 e. The van der Waals surface area contributed by atoms with Gasteiger partial charge in [-0.05, 0) is 24.3 Å². The number of aliphatic hydroxyl groups excluding tert-OH is 23. The molecule has 0 aromatic heterocycles. The lowest BCUT2D eigenvalue weighted by molar-refractivity contribution is -0.403. The van der Waals surface area contributed by atoms with Crippen LogP contribution >= 0.6 is 11.8 Å². The van der Waals surface area contributed by atoms with Crippen LogP contribution in [0.15, 0.2) is 29.2 Å². The minimum atomic E-state index is -2.27. The second-order valence-electron chi connectivity index (χ2n) is 24.4. The molecule has 31 rings (SSSR count). The Balaban J connectivity index is 0.931. The van der Waals surface area contributed by atoms with E-state index < -0.39 is 298 Å². The average molecular weight is 1430 g/mol. The van der Waals surface area contributed by atoms with E-state index in [2.05, 4.69) is 0 Å². The zero-order valence-corrected chi connectivity index (χ0v) is 51.5. The van der Waals surface area contributed by atoms with Crippen molar-refractivity contribution in [2.24, 2.45) is 0 Å². The summed E-state index contributed by atoms with van der Waals surface area (Å²) in [6.07, 6.45) is -82.2. The molecule has 0 amide bonds. The van der Waals surface area contributed by atoms with Crippen molar-refractivity contribution in [3.05, 3.63) is 29.8 Å². The van der Waals surface area contributed by atoms with Gasteiger partial charge in [0.1, 0.15) is 189 Å². The Morgan fingerprint density at radius 2 is 0.423 bits per heavy atom. The number of ether oxygens (including phenoxy) is 16. The molecule has 30 saturated heterocycles. The smallest absolute Gasteiger partial charge is 0.335 e. The van der Waals surface area contributed by atoms with Gasteiger partial charge in [0, 0.05) is 10.6 Å². The number of hydrogen-bond acceptors (Lipinski definition) is 41. The third-order valence-corrected chi connectivity index (χ3v) is 19.3. The molecule has 0 radical (unpaired) electrons. The maximum atomic E-state index is 11.9. The van der Waals surface area contributed by atoms with Gasteiger partial charge >= 0.3 is 5.97 Å². The van der Waals surface area contributed by atoms with E-state index in [1.807, 2.05) is 0 Å². The van der Waals surface area contributed by atoms with Crippen molar-refractivity contribution in [3.8, 4) is 0 Å². The number of carboxylic acids is 1. The van der Waals surface area contributed by atoms with E-state index in [0.717, 1.165) is 11.8 Å². The molecule has 0 saturated carbocycles. The molecule has 30 fully saturated rings. The fourth-order valence-electron chi connectivity index (χ4n) is 12.8. The highest BCUT2D eigenvalue weighted by atomic mass is 32.2. The Labute approximate surface area is 551 Å². The van der Waals surface area contributed by atoms with Crippen molar-refractivity contribution in [1.29, 1.82) is 0 Å². The van der Waals surface area contributed by atoms with Gasteiger partial charge in [-0.25, -0.2) is 4.79 Å². The molecule has 40 atom stereocenters. The number of carbonyl (C=O) groups is 1. The molecular weight excluding hydrogens is 1350 g/mol. The van der Waals surface area contributed by atoms with Gasteiger partial charge in [0.15, 0.2) is 50.3 Å². The Morgan fingerprint density at radius 3 is 0.588 bits per heavy atom. The molecule has 0 aliphatic carbocycles. The second kappa shape index (κ2) is 33.1. The predicted molar refractivity (Wildman–Crippen MR) is 298 cm³/mol. The van der Waals surface area contributed by atoms with Crippen LogP contribution in [0.2, 0.25) is 0 Å². The van der Waals surface area contributed by atoms with Crippen molar-refractivity contribution < 1.29 is 203 Å². The first kappa shape index (κ1) is 77.1. The Hall–Kier alpha value is -2.52. The summed E-state index contributed by atoms with van der Waals surface area (Å²) in [5.74, 6) is -1.58. The number of hydrogen-bond donors (Lipinski definition) is 24. The number of carboxylic acid groups (broad SMARTS) is 1. The number of benzene rings is 1. The molecule has 556 valence electrons. The van der Waals surface area contributed by atoms with Gasteiger partial charge in [-0.1, -0.05) is 0 Å². The largest absolute Gasteiger partial charge is 0.478 e. The van der Waals surface area contributed by atoms with Crippen molar-refractivity contribution in [2.75, 3.05) is 52.0 Å². The third-order valence-electron chi connectivity index (χ3n) is 18.2. The van der Waals surface area contributed by atoms with Crippen LogP contribution in [0.25, 0.3) is 0 Å². The fraction of sp³-hybridized carbons (Fsp3) is 0.873. The average Bonchev–Trinajstić information content (AvgIpc) is 0.779. The number of aromatic carboxylic acids is 1. The highest BCUT2D eigenvalue weighted by molar-refractivity contribution is 7.99. The van der Waals surface area contributed by atoms with E-state index in [-0.39, 0.29) is 11.3 Å². The highest BCUT2D eigenvalue weighted by Crippen LogP contribution is 2.41. The first-order valence-corrected chi connectivity index (χ1v) is 31.8. The second-order valence-corrected chi connectivity index (χ2v) is 25.5. The molecule has 0 spiro atoms. The molecular formula is C55H84O41S. The maximum Gasteiger partial charge on any atom is 0.335 e. The maximum absolute atomic E-state index is 11.9. The van der Waals surface area contributed by atoms with Crippen molar-refractivity contribution in [3.63, 3.8) is 0 Å². The summed E-state index contributed by atoms with van der Waals surface area (Å²) in [6, 6.07) is 5.32. The first-order valence-electron chi connectivity index (χ1n) is 30.8. The first-order chi connectivity index (χ1) is 46.2. The molecule has 16 bridgehead atoms. The Kier molecular flexibility index (Phi) is 26.3. The van der Waals surface area contributed by atoms with Crippen LogP contribution in [0, 0.1) is 0 Å². The quantitative estimate of drug-likeness (QED) is 0.0915. The standard InChI is InChI=1S/C55H84O41S/c56-5-15-39-23(63)31(71)48(81-15)90-40-16(6-57)83-50(33(73)25(40)65)92-42-18(8-59)85-52(35(75)27(42)67)94-44-20(10-61)87-54(37(77)29(44)69)96-46-22(12-97-14-3-1-13(2-4-14)47(79)80)88-55(38(78)30(46)70)95-45-21(11-62)86-53(36(76)28(45)68)93-43-19(9-60)84-51(34(74)26(43)66)91-41-17(7-58)82-49(89-39)32(72)24(41)64/h1-4,15-46,48-78H,5-12H2,(H,79,80)/t15?,16?,17?,18?,19?,20?,21?,22?,23?,24?,25?,26?,27?,28?,29?,30?,31?,32?,33?,34?,35?,36?,37?,38?,39-,40-,41-,42-,43-,44-,45-,46-,48-,49-,50-,51-,52-,53-,54-,55-/m1/s1. The zero-order valence-electron chi connectivity index (χ0n) is 50.6. The topological polar surface area (TPSA) is 650 Å². The molecule has 30 heterocycles. The molecule has 97 heavy (non-hydrogen) atoms. The summed E-state index contributed by atoms with van der Waals surface area (Å²) in [4.78, 5) is 12.0. The molecule has 24 N–H and O–H groups in total. The van der Waals surface area contributed by atoms with Crippen LogP contribution in [0.3, 0.4) is 0 Å². The SMILES string of the molecule is O=C(O)c1ccc(SCC2O[C@@H]3O[C@@H]4C(CO)O[C@H](O[C@@H]5C(CO)O[C@H](O[C@@H]6C(CO)O[C@H](O[C@@H]7C(CO)O[C@H](O[C@@H]8C(CO)O[C@H](O[C@@H]9C(CO)O[C@H](O[C@@H]%10C(CO)O[C@H](O[C@H]2C(O)C3O)C(O)C%10O)C(O)C9O)C(O)C8O)C(O)C7O)C(O)C6O)C(O)C5O)C(O)C4O)cc1. The summed E-state index contributed by atoms with van der Waals surface area (Å²) >= 11 is 0.946. The van der Waals surface area contributed by atoms with Crippen molar-refractivity contribution in [2.45, 2.75) is 251 Å². The van der Waals surface area contributed by atoms with E-state index in [4.69, 9.17) is 75.8 Å². The van der Waals surface area contributed by atoms with Crippen molar-refractivity contribution in [1.82, 2.24) is 0 Å². The zero-order chi connectivity index (χ0) is 70.3. The third kappa shape index (κ3) is 15.8. The molecule has 1 aromatic rings. The van der Waals surface area contributed by atoms with E-state index in [0.29, 0.717) is 4.90 Å². The van der Waals surface area contributed by atoms with Gasteiger partial charge < -0.3 is 198 Å². The lowest BCUT2D eigenvalue weighted by Crippen LogP contribution is -2.69. The van der Waals surface area contributed by atoms with Gasteiger partial charge in [-0.2, -0.15) is 0 Å². The fourth-order valence-corrected chi connectivity index (χ4v) is 13.7. The summed E-state index contributed by atoms with van der Waals surface area (Å²) in [5.41, 5.74) is -0.0991. The van der Waals surface area contributed by atoms with Crippen molar-refractivity contribution >= 4 is 17.7 Å². The van der Waals surface area contributed by atoms with E-state index >= 15 is 0 Å². The van der Waals surface area contributed by atoms with Gasteiger partial charge in [-0.15, -0.1) is 11.8 Å². The summed E-state index contributed by atoms with van der Waals surface area (Å²) < 4.78 is 92.8. The van der Waals surface area contributed by atoms with Crippen LogP contribution in [-0.4, -0.2) is 426 Å². The summed E-state index contributed by atoms with van der Waals surface area (Å²) in [5, 5.41) is 268. The highest BCUT2D eigenvalue weighted by Gasteiger charge is 2.60. The molecule has 30 aliphatic heterocycles. The number of aliphatic hydroxyl groups is 23. The number of thioether (sulfide) groups is 1. The monoisotopic (exact) mass is 1430 g/mol. The van der Waals surface area contributed by atoms with Crippen LogP contribution < -0.4 is 0 Å². The van der Waals surface area contributed by atoms with Crippen LogP contribution in [0.1, 0.15) is 10.4 Å². The summed E-state index contributed by atoms with van der Waals surface area (Å²) in [6.45, 7) is -7.64. The Morgan fingerprint density at radius 1 is 0.258 bits per heavy atom. The molecule has 41 nitrogen and oxygen atoms in total. The van der Waals surface area contributed by atoms with E-state index in [9.17, 15) is 127 Å². The van der Waals surface area contributed by atoms with Crippen LogP contribution in [0.4, 0.5) is 0 Å². The van der Waals surface area contributed by atoms with Gasteiger partial charge in [0.25, 0.3) is 0 Å². The van der Waals surface area contributed by atoms with Crippen LogP contribution in [-0.2, 0) is 75.8 Å². The predicted octanol–water partition coefficient (Wildman–Crippen LogP) is -14.9. The van der Waals surface area contributed by atoms with E-state index in [1.54, 1.807) is 0 Å². The molecule has 1 aromatic carbocycles. The summed E-state index contributed by atoms with van der Waals surface area (Å²) in [7, 11) is 0. The lowest BCUT2D eigenvalue weighted by atomic mass is 9.95. The molecule has 42 heteroatoms. The van der Waals surface area contributed by atoms with Crippen LogP contribution in [0.5, 0.6) is 0 Å². The van der Waals surface area contributed by atoms with Gasteiger partial charge in [0.2, 0.25) is 0 Å². The van der Waals surface area contributed by atoms with Gasteiger partial charge in [0.05, 0.1) is 57.9 Å².